The summed E-state index contributed by atoms with van der Waals surface area (Å²) in [4.78, 5) is 11.8. The van der Waals surface area contributed by atoms with Crippen molar-refractivity contribution in [1.29, 1.82) is 0 Å². The second kappa shape index (κ2) is 3.52. The lowest BCUT2D eigenvalue weighted by molar-refractivity contribution is 0.724. The number of pyridine rings is 1. The minimum absolute atomic E-state index is 0.227. The average Bonchev–Trinajstić information content (AvgIpc) is 2.50. The lowest BCUT2D eigenvalue weighted by Gasteiger charge is -2.03. The van der Waals surface area contributed by atoms with Gasteiger partial charge in [-0.1, -0.05) is 0 Å². The summed E-state index contributed by atoms with van der Waals surface area (Å²) >= 11 is 0. The Labute approximate surface area is 93.1 Å². The maximum absolute atomic E-state index is 11.8. The maximum atomic E-state index is 11.8. The van der Waals surface area contributed by atoms with E-state index in [2.05, 4.69) is 5.10 Å². The fourth-order valence-electron chi connectivity index (χ4n) is 1.60. The van der Waals surface area contributed by atoms with Crippen molar-refractivity contribution >= 4 is 5.69 Å². The molecule has 5 nitrogen and oxygen atoms in total. The van der Waals surface area contributed by atoms with Gasteiger partial charge in [-0.15, -0.1) is 0 Å². The number of aromatic nitrogens is 3. The molecule has 0 atom stereocenters. The van der Waals surface area contributed by atoms with Gasteiger partial charge in [-0.3, -0.25) is 14.0 Å². The molecule has 0 aliphatic carbocycles. The molecule has 0 bridgehead atoms. The van der Waals surface area contributed by atoms with Crippen LogP contribution in [0.25, 0.3) is 5.82 Å². The van der Waals surface area contributed by atoms with Crippen molar-refractivity contribution in [1.82, 2.24) is 14.3 Å². The van der Waals surface area contributed by atoms with Crippen LogP contribution in [0.5, 0.6) is 0 Å². The zero-order valence-electron chi connectivity index (χ0n) is 9.56. The van der Waals surface area contributed by atoms with E-state index in [4.69, 9.17) is 5.73 Å². The zero-order chi connectivity index (χ0) is 11.9. The normalized spacial score (nSPS) is 10.7. The van der Waals surface area contributed by atoms with Crippen LogP contribution in [0, 0.1) is 13.8 Å². The molecular formula is C11H14N4O. The quantitative estimate of drug-likeness (QED) is 0.768. The first-order valence-electron chi connectivity index (χ1n) is 5.00. The topological polar surface area (TPSA) is 65.8 Å². The van der Waals surface area contributed by atoms with Crippen molar-refractivity contribution < 1.29 is 0 Å². The van der Waals surface area contributed by atoms with Crippen LogP contribution in [-0.4, -0.2) is 14.3 Å². The van der Waals surface area contributed by atoms with Crippen LogP contribution in [0.3, 0.4) is 0 Å². The monoisotopic (exact) mass is 218 g/mol. The van der Waals surface area contributed by atoms with Crippen LogP contribution in [0.15, 0.2) is 23.1 Å². The lowest BCUT2D eigenvalue weighted by Crippen LogP contribution is -2.21. The van der Waals surface area contributed by atoms with Crippen molar-refractivity contribution in [3.05, 3.63) is 39.9 Å². The summed E-state index contributed by atoms with van der Waals surface area (Å²) in [6, 6.07) is 3.32. The van der Waals surface area contributed by atoms with Crippen molar-refractivity contribution in [2.24, 2.45) is 7.05 Å². The van der Waals surface area contributed by atoms with Gasteiger partial charge in [-0.25, -0.2) is 0 Å². The molecule has 0 aromatic carbocycles. The smallest absolute Gasteiger partial charge is 0.279 e. The summed E-state index contributed by atoms with van der Waals surface area (Å²) in [5.74, 6) is 0.636. The Balaban J connectivity index is 2.73. The van der Waals surface area contributed by atoms with E-state index >= 15 is 0 Å². The highest BCUT2D eigenvalue weighted by atomic mass is 16.1. The molecule has 0 saturated carbocycles. The highest BCUT2D eigenvalue weighted by Crippen LogP contribution is 2.14. The third-order valence-corrected chi connectivity index (χ3v) is 2.81. The largest absolute Gasteiger partial charge is 0.394 e. The van der Waals surface area contributed by atoms with Crippen molar-refractivity contribution in [3.8, 4) is 5.82 Å². The molecule has 0 radical (unpaired) electrons. The van der Waals surface area contributed by atoms with E-state index in [0.717, 1.165) is 11.3 Å². The molecular weight excluding hydrogens is 204 g/mol. The van der Waals surface area contributed by atoms with Gasteiger partial charge >= 0.3 is 0 Å². The van der Waals surface area contributed by atoms with Crippen LogP contribution in [0.4, 0.5) is 5.69 Å². The molecule has 2 aromatic rings. The lowest BCUT2D eigenvalue weighted by atomic mass is 10.2. The SMILES string of the molecule is Cc1c(-n2cccc(N)c2=O)nn(C)c1C. The molecule has 2 N–H and O–H groups in total. The summed E-state index contributed by atoms with van der Waals surface area (Å²) in [7, 11) is 1.85. The van der Waals surface area contributed by atoms with E-state index < -0.39 is 0 Å². The third kappa shape index (κ3) is 1.41. The molecule has 5 heteroatoms. The molecule has 0 saturated heterocycles. The summed E-state index contributed by atoms with van der Waals surface area (Å²) in [5.41, 5.74) is 7.59. The van der Waals surface area contributed by atoms with Crippen molar-refractivity contribution in [3.63, 3.8) is 0 Å². The van der Waals surface area contributed by atoms with Gasteiger partial charge in [-0.05, 0) is 26.0 Å². The maximum Gasteiger partial charge on any atom is 0.279 e. The van der Waals surface area contributed by atoms with Gasteiger partial charge in [0.2, 0.25) is 0 Å². The van der Waals surface area contributed by atoms with Gasteiger partial charge in [0.15, 0.2) is 5.82 Å². The highest BCUT2D eigenvalue weighted by molar-refractivity contribution is 5.41. The van der Waals surface area contributed by atoms with E-state index in [9.17, 15) is 4.79 Å². The number of hydrogen-bond donors (Lipinski definition) is 1. The number of rotatable bonds is 1. The van der Waals surface area contributed by atoms with Crippen molar-refractivity contribution in [2.75, 3.05) is 5.73 Å². The molecule has 0 aliphatic heterocycles. The number of nitrogens with two attached hydrogens (primary N) is 1. The summed E-state index contributed by atoms with van der Waals surface area (Å²) < 4.78 is 3.22. The van der Waals surface area contributed by atoms with Gasteiger partial charge < -0.3 is 5.73 Å². The van der Waals surface area contributed by atoms with Crippen LogP contribution in [-0.2, 0) is 7.05 Å². The predicted octanol–water partition coefficient (Wildman–Crippen LogP) is 0.770. The van der Waals surface area contributed by atoms with E-state index in [1.54, 1.807) is 23.0 Å². The Bertz CT molecular complexity index is 595. The Morgan fingerprint density at radius 3 is 2.62 bits per heavy atom. The molecule has 2 aromatic heterocycles. The van der Waals surface area contributed by atoms with Crippen LogP contribution in [0.2, 0.25) is 0 Å². The predicted molar refractivity (Wildman–Crippen MR) is 62.7 cm³/mol. The summed E-state index contributed by atoms with van der Waals surface area (Å²) in [6.07, 6.45) is 1.67. The second-order valence-electron chi connectivity index (χ2n) is 3.80. The number of anilines is 1. The standard InChI is InChI=1S/C11H14N4O/c1-7-8(2)14(3)13-10(7)15-6-4-5-9(12)11(15)16/h4-6H,12H2,1-3H3. The Hall–Kier alpha value is -2.04. The van der Waals surface area contributed by atoms with Gasteiger partial charge in [0.05, 0.1) is 5.69 Å². The number of nitrogen functional groups attached to an aromatic ring is 1. The van der Waals surface area contributed by atoms with E-state index in [1.165, 1.54) is 4.57 Å². The van der Waals surface area contributed by atoms with Crippen LogP contribution >= 0.6 is 0 Å². The number of nitrogens with zero attached hydrogens (tertiary/aromatic N) is 3. The van der Waals surface area contributed by atoms with Crippen molar-refractivity contribution in [2.45, 2.75) is 13.8 Å². The minimum atomic E-state index is -0.233. The summed E-state index contributed by atoms with van der Waals surface area (Å²) in [5, 5.41) is 4.31. The molecule has 84 valence electrons. The first-order valence-corrected chi connectivity index (χ1v) is 5.00. The first-order chi connectivity index (χ1) is 7.52. The van der Waals surface area contributed by atoms with E-state index in [0.29, 0.717) is 5.82 Å². The molecule has 2 heterocycles. The molecule has 0 spiro atoms. The molecule has 0 aliphatic rings. The van der Waals surface area contributed by atoms with E-state index in [-0.39, 0.29) is 11.2 Å². The Morgan fingerprint density at radius 2 is 2.06 bits per heavy atom. The molecule has 0 fully saturated rings. The van der Waals surface area contributed by atoms with Gasteiger partial charge in [0.25, 0.3) is 5.56 Å². The van der Waals surface area contributed by atoms with E-state index in [1.807, 2.05) is 20.9 Å². The summed E-state index contributed by atoms with van der Waals surface area (Å²) in [6.45, 7) is 3.90. The fourth-order valence-corrected chi connectivity index (χ4v) is 1.60. The third-order valence-electron chi connectivity index (χ3n) is 2.81. The van der Waals surface area contributed by atoms with Crippen LogP contribution < -0.4 is 11.3 Å². The van der Waals surface area contributed by atoms with Gasteiger partial charge in [0.1, 0.15) is 0 Å². The van der Waals surface area contributed by atoms with Crippen LogP contribution in [0.1, 0.15) is 11.3 Å². The molecule has 0 amide bonds. The molecule has 2 rings (SSSR count). The Morgan fingerprint density at radius 1 is 1.38 bits per heavy atom. The minimum Gasteiger partial charge on any atom is -0.394 e. The average molecular weight is 218 g/mol. The zero-order valence-corrected chi connectivity index (χ0v) is 9.56. The highest BCUT2D eigenvalue weighted by Gasteiger charge is 2.12. The van der Waals surface area contributed by atoms with Gasteiger partial charge in [0, 0.05) is 24.5 Å². The Kier molecular flexibility index (Phi) is 2.30. The number of hydrogen-bond acceptors (Lipinski definition) is 3. The van der Waals surface area contributed by atoms with Gasteiger partial charge in [-0.2, -0.15) is 5.10 Å². The first kappa shape index (κ1) is 10.5. The number of aryl methyl sites for hydroxylation is 1. The molecule has 0 unspecified atom stereocenters. The fraction of sp³-hybridized carbons (Fsp3) is 0.273. The molecule has 16 heavy (non-hydrogen) atoms. The second-order valence-corrected chi connectivity index (χ2v) is 3.80.